The number of aromatic nitrogens is 3. The number of alkyl halides is 1. The van der Waals surface area contributed by atoms with Crippen LogP contribution in [-0.2, 0) is 17.2 Å². The van der Waals surface area contributed by atoms with Crippen molar-refractivity contribution in [3.63, 3.8) is 0 Å². The van der Waals surface area contributed by atoms with Gasteiger partial charge in [0.05, 0.1) is 12.5 Å². The molecule has 1 unspecified atom stereocenters. The van der Waals surface area contributed by atoms with Crippen LogP contribution in [0.1, 0.15) is 24.2 Å². The summed E-state index contributed by atoms with van der Waals surface area (Å²) in [6, 6.07) is 1.99. The average molecular weight is 280 g/mol. The van der Waals surface area contributed by atoms with E-state index in [4.69, 9.17) is 16.3 Å². The summed E-state index contributed by atoms with van der Waals surface area (Å²) < 4.78 is 7.71. The number of imidazole rings is 1. The molecule has 3 heterocycles. The number of nitrogens with zero attached hydrogens (tertiary/aromatic N) is 3. The first-order valence-corrected chi connectivity index (χ1v) is 7.27. The molecule has 0 aliphatic carbocycles. The molecule has 0 saturated carbocycles. The van der Waals surface area contributed by atoms with Gasteiger partial charge < -0.3 is 9.30 Å². The fourth-order valence-electron chi connectivity index (χ4n) is 2.69. The fraction of sp³-hybridized carbons (Fsp3) is 0.571. The maximum absolute atomic E-state index is 6.03. The molecule has 1 atom stereocenters. The van der Waals surface area contributed by atoms with Gasteiger partial charge in [-0.15, -0.1) is 11.6 Å². The van der Waals surface area contributed by atoms with Crippen LogP contribution in [0.15, 0.2) is 12.3 Å². The summed E-state index contributed by atoms with van der Waals surface area (Å²) in [5.74, 6) is 1.86. The molecule has 1 aliphatic heterocycles. The zero-order valence-corrected chi connectivity index (χ0v) is 11.9. The highest BCUT2D eigenvalue weighted by Crippen LogP contribution is 2.23. The van der Waals surface area contributed by atoms with Crippen molar-refractivity contribution in [3.05, 3.63) is 23.7 Å². The van der Waals surface area contributed by atoms with Gasteiger partial charge in [-0.05, 0) is 31.4 Å². The van der Waals surface area contributed by atoms with Crippen LogP contribution < -0.4 is 0 Å². The van der Waals surface area contributed by atoms with Crippen molar-refractivity contribution in [1.29, 1.82) is 0 Å². The number of pyridine rings is 1. The predicted molar refractivity (Wildman–Crippen MR) is 75.4 cm³/mol. The van der Waals surface area contributed by atoms with Crippen LogP contribution >= 0.6 is 11.6 Å². The van der Waals surface area contributed by atoms with Crippen molar-refractivity contribution >= 4 is 22.8 Å². The minimum Gasteiger partial charge on any atom is -0.381 e. The Bertz CT molecular complexity index is 575. The quantitative estimate of drug-likeness (QED) is 0.811. The highest BCUT2D eigenvalue weighted by molar-refractivity contribution is 6.16. The molecule has 2 aromatic rings. The molecule has 1 aliphatic rings. The third-order valence-corrected chi connectivity index (χ3v) is 3.97. The third kappa shape index (κ3) is 2.47. The molecule has 5 heteroatoms. The van der Waals surface area contributed by atoms with Crippen molar-refractivity contribution in [1.82, 2.24) is 14.5 Å². The van der Waals surface area contributed by atoms with Crippen molar-refractivity contribution < 1.29 is 4.74 Å². The predicted octanol–water partition coefficient (Wildman–Crippen LogP) is 2.91. The topological polar surface area (TPSA) is 39.9 Å². The summed E-state index contributed by atoms with van der Waals surface area (Å²) >= 11 is 6.03. The zero-order chi connectivity index (χ0) is 13.2. The van der Waals surface area contributed by atoms with Gasteiger partial charge in [0.25, 0.3) is 0 Å². The summed E-state index contributed by atoms with van der Waals surface area (Å²) in [4.78, 5) is 9.10. The smallest absolute Gasteiger partial charge is 0.160 e. The number of halogens is 1. The lowest BCUT2D eigenvalue weighted by atomic mass is 10.0. The summed E-state index contributed by atoms with van der Waals surface area (Å²) in [6.07, 6.45) is 4.18. The molecule has 1 saturated heterocycles. The van der Waals surface area contributed by atoms with E-state index in [2.05, 4.69) is 21.5 Å². The third-order valence-electron chi connectivity index (χ3n) is 3.73. The molecule has 1 fully saturated rings. The lowest BCUT2D eigenvalue weighted by Gasteiger charge is -2.23. The van der Waals surface area contributed by atoms with E-state index in [9.17, 15) is 0 Å². The molecular formula is C14H18ClN3O. The van der Waals surface area contributed by atoms with Crippen LogP contribution in [-0.4, -0.2) is 27.7 Å². The van der Waals surface area contributed by atoms with E-state index in [0.29, 0.717) is 11.8 Å². The van der Waals surface area contributed by atoms with Gasteiger partial charge in [0, 0.05) is 25.3 Å². The Hall–Kier alpha value is -1.13. The number of aryl methyl sites for hydroxylation is 1. The normalized spacial score (nSPS) is 20.0. The van der Waals surface area contributed by atoms with E-state index in [1.807, 2.05) is 12.3 Å². The summed E-state index contributed by atoms with van der Waals surface area (Å²) in [6.45, 7) is 4.67. The van der Waals surface area contributed by atoms with Gasteiger partial charge in [-0.25, -0.2) is 9.97 Å². The summed E-state index contributed by atoms with van der Waals surface area (Å²) in [5, 5.41) is 0. The Morgan fingerprint density at radius 1 is 1.53 bits per heavy atom. The van der Waals surface area contributed by atoms with Crippen LogP contribution in [0.5, 0.6) is 0 Å². The van der Waals surface area contributed by atoms with Gasteiger partial charge in [-0.2, -0.15) is 0 Å². The number of ether oxygens (including phenoxy) is 1. The molecule has 2 aromatic heterocycles. The van der Waals surface area contributed by atoms with Crippen molar-refractivity contribution in [2.24, 2.45) is 5.92 Å². The SMILES string of the molecule is Cc1ccnc2c1nc(CCl)n2CC1CCCOC1. The van der Waals surface area contributed by atoms with Crippen molar-refractivity contribution in [2.75, 3.05) is 13.2 Å². The fourth-order valence-corrected chi connectivity index (χ4v) is 2.89. The van der Waals surface area contributed by atoms with E-state index in [-0.39, 0.29) is 0 Å². The maximum Gasteiger partial charge on any atom is 0.160 e. The zero-order valence-electron chi connectivity index (χ0n) is 11.1. The second-order valence-corrected chi connectivity index (χ2v) is 5.42. The second kappa shape index (κ2) is 5.47. The molecule has 0 spiro atoms. The summed E-state index contributed by atoms with van der Waals surface area (Å²) in [7, 11) is 0. The molecule has 3 rings (SSSR count). The first-order valence-electron chi connectivity index (χ1n) is 6.74. The largest absolute Gasteiger partial charge is 0.381 e. The maximum atomic E-state index is 6.03. The van der Waals surface area contributed by atoms with E-state index in [1.165, 1.54) is 6.42 Å². The van der Waals surface area contributed by atoms with E-state index < -0.39 is 0 Å². The van der Waals surface area contributed by atoms with E-state index in [1.54, 1.807) is 0 Å². The van der Waals surface area contributed by atoms with Gasteiger partial charge in [0.2, 0.25) is 0 Å². The molecule has 19 heavy (non-hydrogen) atoms. The highest BCUT2D eigenvalue weighted by Gasteiger charge is 2.19. The van der Waals surface area contributed by atoms with Gasteiger partial charge in [-0.1, -0.05) is 0 Å². The van der Waals surface area contributed by atoms with Crippen molar-refractivity contribution in [3.8, 4) is 0 Å². The molecular weight excluding hydrogens is 262 g/mol. The van der Waals surface area contributed by atoms with Crippen LogP contribution in [0.3, 0.4) is 0 Å². The number of fused-ring (bicyclic) bond motifs is 1. The minimum atomic E-state index is 0.420. The van der Waals surface area contributed by atoms with E-state index >= 15 is 0 Å². The van der Waals surface area contributed by atoms with Crippen LogP contribution in [0.2, 0.25) is 0 Å². The Labute approximate surface area is 117 Å². The summed E-state index contributed by atoms with van der Waals surface area (Å²) in [5.41, 5.74) is 3.06. The first kappa shape index (κ1) is 12.9. The van der Waals surface area contributed by atoms with Gasteiger partial charge in [-0.3, -0.25) is 0 Å². The van der Waals surface area contributed by atoms with Crippen LogP contribution in [0, 0.1) is 12.8 Å². The minimum absolute atomic E-state index is 0.420. The average Bonchev–Trinajstić information content (AvgIpc) is 2.80. The molecule has 0 N–H and O–H groups in total. The number of hydrogen-bond donors (Lipinski definition) is 0. The molecule has 0 amide bonds. The second-order valence-electron chi connectivity index (χ2n) is 5.16. The molecule has 0 aromatic carbocycles. The lowest BCUT2D eigenvalue weighted by molar-refractivity contribution is 0.0485. The Morgan fingerprint density at radius 3 is 3.16 bits per heavy atom. The standard InChI is InChI=1S/C14H18ClN3O/c1-10-4-5-16-14-13(10)17-12(7-15)18(14)8-11-3-2-6-19-9-11/h4-5,11H,2-3,6-9H2,1H3. The number of rotatable bonds is 3. The number of hydrogen-bond acceptors (Lipinski definition) is 3. The lowest BCUT2D eigenvalue weighted by Crippen LogP contribution is -2.23. The van der Waals surface area contributed by atoms with Gasteiger partial charge in [0.15, 0.2) is 5.65 Å². The monoisotopic (exact) mass is 279 g/mol. The molecule has 102 valence electrons. The highest BCUT2D eigenvalue weighted by atomic mass is 35.5. The Kier molecular flexibility index (Phi) is 3.71. The molecule has 4 nitrogen and oxygen atoms in total. The van der Waals surface area contributed by atoms with Crippen LogP contribution in [0.4, 0.5) is 0 Å². The molecule has 0 radical (unpaired) electrons. The first-order chi connectivity index (χ1) is 9.29. The molecule has 0 bridgehead atoms. The Morgan fingerprint density at radius 2 is 2.42 bits per heavy atom. The van der Waals surface area contributed by atoms with Gasteiger partial charge in [0.1, 0.15) is 11.3 Å². The Balaban J connectivity index is 1.98. The van der Waals surface area contributed by atoms with Crippen molar-refractivity contribution in [2.45, 2.75) is 32.2 Å². The van der Waals surface area contributed by atoms with Crippen LogP contribution in [0.25, 0.3) is 11.2 Å². The van der Waals surface area contributed by atoms with Gasteiger partial charge >= 0.3 is 0 Å². The van der Waals surface area contributed by atoms with E-state index in [0.717, 1.165) is 48.7 Å².